The molecule has 0 atom stereocenters. The minimum Gasteiger partial charge on any atom is -0.478 e. The maximum Gasteiger partial charge on any atom is 0.335 e. The van der Waals surface area contributed by atoms with E-state index in [0.29, 0.717) is 16.3 Å². The molecule has 0 spiro atoms. The molecule has 0 bridgehead atoms. The van der Waals surface area contributed by atoms with Gasteiger partial charge in [-0.2, -0.15) is 0 Å². The number of fused-ring (bicyclic) bond motifs is 2. The Balaban J connectivity index is 1.95. The fraction of sp³-hybridized carbons (Fsp3) is 0.160. The van der Waals surface area contributed by atoms with Crippen molar-refractivity contribution in [2.24, 2.45) is 0 Å². The Morgan fingerprint density at radius 1 is 0.750 bits per heavy atom. The van der Waals surface area contributed by atoms with E-state index in [4.69, 9.17) is 5.11 Å². The molecule has 0 amide bonds. The lowest BCUT2D eigenvalue weighted by Crippen LogP contribution is -1.97. The van der Waals surface area contributed by atoms with Gasteiger partial charge in [0, 0.05) is 10.9 Å². The van der Waals surface area contributed by atoms with Crippen LogP contribution in [0.1, 0.15) is 32.6 Å². The van der Waals surface area contributed by atoms with E-state index < -0.39 is 5.97 Å². The van der Waals surface area contributed by atoms with Crippen LogP contribution in [0.4, 0.5) is 4.39 Å². The monoisotopic (exact) mass is 372 g/mol. The molecule has 2 nitrogen and oxygen atoms in total. The van der Waals surface area contributed by atoms with Crippen molar-refractivity contribution in [2.75, 3.05) is 0 Å². The predicted octanol–water partition coefficient (Wildman–Crippen LogP) is 6.73. The first kappa shape index (κ1) is 18.2. The molecular weight excluding hydrogens is 351 g/mol. The Bertz CT molecular complexity index is 1290. The summed E-state index contributed by atoms with van der Waals surface area (Å²) in [6.45, 7) is 8.50. The molecule has 0 aliphatic rings. The zero-order valence-electron chi connectivity index (χ0n) is 16.4. The molecule has 28 heavy (non-hydrogen) atoms. The van der Waals surface area contributed by atoms with Gasteiger partial charge in [0.25, 0.3) is 0 Å². The number of carboxylic acids is 1. The van der Waals surface area contributed by atoms with Gasteiger partial charge in [-0.15, -0.1) is 0 Å². The summed E-state index contributed by atoms with van der Waals surface area (Å²) in [4.78, 5) is 11.2. The van der Waals surface area contributed by atoms with E-state index in [0.717, 1.165) is 10.9 Å². The van der Waals surface area contributed by atoms with E-state index in [-0.39, 0.29) is 11.4 Å². The number of rotatable bonds is 2. The normalized spacial score (nSPS) is 11.3. The van der Waals surface area contributed by atoms with Gasteiger partial charge < -0.3 is 5.11 Å². The number of hydrogen-bond donors (Lipinski definition) is 1. The molecule has 0 heterocycles. The van der Waals surface area contributed by atoms with Crippen LogP contribution < -0.4 is 0 Å². The highest BCUT2D eigenvalue weighted by atomic mass is 19.1. The van der Waals surface area contributed by atoms with Crippen molar-refractivity contribution >= 4 is 27.5 Å². The van der Waals surface area contributed by atoms with Gasteiger partial charge >= 0.3 is 5.97 Å². The molecule has 1 N–H and O–H groups in total. The van der Waals surface area contributed by atoms with Gasteiger partial charge in [0.2, 0.25) is 0 Å². The smallest absolute Gasteiger partial charge is 0.335 e. The van der Waals surface area contributed by atoms with Crippen LogP contribution in [0.3, 0.4) is 0 Å². The molecule has 0 aliphatic carbocycles. The summed E-state index contributed by atoms with van der Waals surface area (Å²) in [5.74, 6) is -1.34. The Morgan fingerprint density at radius 3 is 2.07 bits per heavy atom. The number of aromatic carboxylic acids is 1. The largest absolute Gasteiger partial charge is 0.478 e. The fourth-order valence-corrected chi connectivity index (χ4v) is 3.96. The van der Waals surface area contributed by atoms with Crippen molar-refractivity contribution in [1.29, 1.82) is 0 Å². The molecular formula is C25H21FO2. The minimum atomic E-state index is -1.02. The van der Waals surface area contributed by atoms with Crippen LogP contribution in [0.2, 0.25) is 0 Å². The number of hydrogen-bond acceptors (Lipinski definition) is 1. The lowest BCUT2D eigenvalue weighted by molar-refractivity contribution is 0.0697. The van der Waals surface area contributed by atoms with Crippen LogP contribution in [-0.2, 0) is 0 Å². The quantitative estimate of drug-likeness (QED) is 0.423. The Kier molecular flexibility index (Phi) is 4.19. The number of benzene rings is 4. The standard InChI is InChI=1S/C25H21FO2/c1-13-14(2)16(4)23-12-18(5-8-20(23)15(13)3)22-9-6-17-11-19(25(27)28)7-10-21(17)24(22)26/h5-12H,1-4H3,(H,27,28). The second kappa shape index (κ2) is 6.45. The van der Waals surface area contributed by atoms with E-state index in [9.17, 15) is 4.79 Å². The summed E-state index contributed by atoms with van der Waals surface area (Å²) in [5, 5.41) is 12.5. The number of halogens is 1. The third-order valence-corrected chi connectivity index (χ3v) is 6.03. The Morgan fingerprint density at radius 2 is 1.39 bits per heavy atom. The second-order valence-corrected chi connectivity index (χ2v) is 7.43. The third-order valence-electron chi connectivity index (χ3n) is 6.03. The van der Waals surface area contributed by atoms with Crippen LogP contribution in [0.25, 0.3) is 32.7 Å². The Hall–Kier alpha value is -3.20. The molecule has 0 aromatic heterocycles. The molecule has 0 unspecified atom stereocenters. The van der Waals surface area contributed by atoms with Gasteiger partial charge in [-0.1, -0.05) is 30.3 Å². The van der Waals surface area contributed by atoms with Crippen molar-refractivity contribution in [1.82, 2.24) is 0 Å². The summed E-state index contributed by atoms with van der Waals surface area (Å²) in [5.41, 5.74) is 6.53. The summed E-state index contributed by atoms with van der Waals surface area (Å²) >= 11 is 0. The SMILES string of the molecule is Cc1c(C)c(C)c2cc(-c3ccc4cc(C(=O)O)ccc4c3F)ccc2c1C. The lowest BCUT2D eigenvalue weighted by atomic mass is 9.89. The Labute approximate surface area is 163 Å². The van der Waals surface area contributed by atoms with Crippen molar-refractivity contribution in [3.05, 3.63) is 82.2 Å². The van der Waals surface area contributed by atoms with Crippen LogP contribution in [0.5, 0.6) is 0 Å². The number of carbonyl (C=O) groups is 1. The van der Waals surface area contributed by atoms with Crippen LogP contribution in [0, 0.1) is 33.5 Å². The highest BCUT2D eigenvalue weighted by Gasteiger charge is 2.14. The fourth-order valence-electron chi connectivity index (χ4n) is 3.96. The van der Waals surface area contributed by atoms with Crippen molar-refractivity contribution in [2.45, 2.75) is 27.7 Å². The highest BCUT2D eigenvalue weighted by molar-refractivity contribution is 5.98. The zero-order chi connectivity index (χ0) is 20.2. The summed E-state index contributed by atoms with van der Waals surface area (Å²) < 4.78 is 15.3. The van der Waals surface area contributed by atoms with E-state index in [1.54, 1.807) is 18.2 Å². The molecule has 4 aromatic carbocycles. The van der Waals surface area contributed by atoms with Gasteiger partial charge in [0.05, 0.1) is 5.56 Å². The zero-order valence-corrected chi connectivity index (χ0v) is 16.4. The highest BCUT2D eigenvalue weighted by Crippen LogP contribution is 2.35. The summed E-state index contributed by atoms with van der Waals surface area (Å²) in [7, 11) is 0. The van der Waals surface area contributed by atoms with Gasteiger partial charge in [0.15, 0.2) is 0 Å². The molecule has 0 radical (unpaired) electrons. The first-order valence-electron chi connectivity index (χ1n) is 9.25. The molecule has 4 rings (SSSR count). The number of carboxylic acid groups (broad SMARTS) is 1. The topological polar surface area (TPSA) is 37.3 Å². The molecule has 3 heteroatoms. The first-order valence-corrected chi connectivity index (χ1v) is 9.25. The molecule has 4 aromatic rings. The predicted molar refractivity (Wildman–Crippen MR) is 113 cm³/mol. The van der Waals surface area contributed by atoms with Crippen molar-refractivity contribution in [3.8, 4) is 11.1 Å². The minimum absolute atomic E-state index is 0.155. The average Bonchev–Trinajstić information content (AvgIpc) is 2.70. The summed E-state index contributed by atoms with van der Waals surface area (Å²) in [6.07, 6.45) is 0. The van der Waals surface area contributed by atoms with Crippen LogP contribution in [0.15, 0.2) is 48.5 Å². The van der Waals surface area contributed by atoms with Crippen molar-refractivity contribution < 1.29 is 14.3 Å². The van der Waals surface area contributed by atoms with E-state index in [1.807, 2.05) is 6.07 Å². The molecule has 140 valence electrons. The van der Waals surface area contributed by atoms with E-state index in [2.05, 4.69) is 39.8 Å². The lowest BCUT2D eigenvalue weighted by Gasteiger charge is -2.15. The van der Waals surface area contributed by atoms with E-state index in [1.165, 1.54) is 39.8 Å². The molecule has 0 saturated carbocycles. The molecule has 0 aliphatic heterocycles. The van der Waals surface area contributed by atoms with Gasteiger partial charge in [-0.3, -0.25) is 0 Å². The summed E-state index contributed by atoms with van der Waals surface area (Å²) in [6, 6.07) is 14.1. The molecule has 0 saturated heterocycles. The van der Waals surface area contributed by atoms with Gasteiger partial charge in [-0.25, -0.2) is 9.18 Å². The molecule has 0 fully saturated rings. The van der Waals surface area contributed by atoms with Gasteiger partial charge in [0.1, 0.15) is 5.82 Å². The average molecular weight is 372 g/mol. The van der Waals surface area contributed by atoms with Crippen LogP contribution >= 0.6 is 0 Å². The first-order chi connectivity index (χ1) is 13.3. The third kappa shape index (κ3) is 2.66. The van der Waals surface area contributed by atoms with Crippen LogP contribution in [-0.4, -0.2) is 11.1 Å². The van der Waals surface area contributed by atoms with Gasteiger partial charge in [-0.05, 0) is 89.9 Å². The van der Waals surface area contributed by atoms with E-state index >= 15 is 4.39 Å². The second-order valence-electron chi connectivity index (χ2n) is 7.43. The number of aryl methyl sites for hydroxylation is 2. The maximum absolute atomic E-state index is 15.3. The van der Waals surface area contributed by atoms with Crippen molar-refractivity contribution in [3.63, 3.8) is 0 Å². The maximum atomic E-state index is 15.3.